The second-order valence-corrected chi connectivity index (χ2v) is 3.33. The van der Waals surface area contributed by atoms with E-state index >= 15 is 0 Å². The van der Waals surface area contributed by atoms with Gasteiger partial charge >= 0.3 is 6.03 Å². The van der Waals surface area contributed by atoms with Gasteiger partial charge in [0.2, 0.25) is 0 Å². The molecular weight excluding hydrogens is 214 g/mol. The van der Waals surface area contributed by atoms with Crippen LogP contribution in [0.5, 0.6) is 0 Å². The van der Waals surface area contributed by atoms with Gasteiger partial charge in [0.1, 0.15) is 0 Å². The van der Waals surface area contributed by atoms with Gasteiger partial charge in [-0.2, -0.15) is 0 Å². The van der Waals surface area contributed by atoms with Crippen molar-refractivity contribution in [3.8, 4) is 0 Å². The first-order valence-corrected chi connectivity index (χ1v) is 5.17. The Bertz CT molecular complexity index is 509. The minimum atomic E-state index is -0.486. The summed E-state index contributed by atoms with van der Waals surface area (Å²) in [5.74, 6) is 0. The van der Waals surface area contributed by atoms with Crippen LogP contribution in [0.4, 0.5) is 16.2 Å². The molecule has 2 aromatic rings. The van der Waals surface area contributed by atoms with Gasteiger partial charge in [0.05, 0.1) is 5.69 Å². The second kappa shape index (κ2) is 5.55. The van der Waals surface area contributed by atoms with Crippen molar-refractivity contribution in [1.29, 1.82) is 0 Å². The van der Waals surface area contributed by atoms with E-state index in [1.165, 1.54) is 0 Å². The first-order chi connectivity index (χ1) is 8.34. The number of rotatable bonds is 2. The third kappa shape index (κ3) is 3.53. The highest BCUT2D eigenvalue weighted by molar-refractivity contribution is 5.89. The molecule has 17 heavy (non-hydrogen) atoms. The number of amides is 2. The molecule has 2 rings (SSSR count). The molecule has 2 aromatic carbocycles. The summed E-state index contributed by atoms with van der Waals surface area (Å²) in [5, 5.41) is 9.99. The summed E-state index contributed by atoms with van der Waals surface area (Å²) in [6.07, 6.45) is 0. The number of urea groups is 1. The number of hydrogen-bond donors (Lipinski definition) is 1. The molecule has 0 aliphatic carbocycles. The Kier molecular flexibility index (Phi) is 3.60. The van der Waals surface area contributed by atoms with Gasteiger partial charge in [0, 0.05) is 5.69 Å². The zero-order valence-corrected chi connectivity index (χ0v) is 9.08. The molecule has 4 nitrogen and oxygen atoms in total. The van der Waals surface area contributed by atoms with Gasteiger partial charge < -0.3 is 5.32 Å². The van der Waals surface area contributed by atoms with Gasteiger partial charge in [-0.1, -0.05) is 41.5 Å². The van der Waals surface area contributed by atoms with E-state index in [1.807, 2.05) is 36.4 Å². The molecule has 0 bridgehead atoms. The highest BCUT2D eigenvalue weighted by atomic mass is 16.2. The minimum absolute atomic E-state index is 0.486. The van der Waals surface area contributed by atoms with Crippen molar-refractivity contribution < 1.29 is 4.79 Å². The van der Waals surface area contributed by atoms with Crippen molar-refractivity contribution in [3.05, 3.63) is 60.7 Å². The number of para-hydroxylation sites is 1. The Morgan fingerprint density at radius 3 is 2.12 bits per heavy atom. The molecule has 0 aliphatic rings. The van der Waals surface area contributed by atoms with E-state index in [0.29, 0.717) is 11.4 Å². The van der Waals surface area contributed by atoms with E-state index in [9.17, 15) is 4.79 Å². The first kappa shape index (κ1) is 11.0. The van der Waals surface area contributed by atoms with Gasteiger partial charge in [0.25, 0.3) is 0 Å². The Balaban J connectivity index is 1.96. The summed E-state index contributed by atoms with van der Waals surface area (Å²) < 4.78 is 0. The van der Waals surface area contributed by atoms with Crippen molar-refractivity contribution in [2.24, 2.45) is 10.2 Å². The lowest BCUT2D eigenvalue weighted by Crippen LogP contribution is -2.04. The average Bonchev–Trinajstić information content (AvgIpc) is 2.39. The van der Waals surface area contributed by atoms with E-state index < -0.39 is 6.03 Å². The molecule has 0 fully saturated rings. The lowest BCUT2D eigenvalue weighted by Gasteiger charge is -1.98. The standard InChI is InChI=1S/C13H11N3O/c17-13(14-11-7-3-1-4-8-11)16-15-12-9-5-2-6-10-12/h1-10H,(H,14,17). The van der Waals surface area contributed by atoms with Gasteiger partial charge in [-0.05, 0) is 24.3 Å². The fourth-order valence-electron chi connectivity index (χ4n) is 1.27. The van der Waals surface area contributed by atoms with E-state index in [-0.39, 0.29) is 0 Å². The molecule has 0 radical (unpaired) electrons. The molecule has 0 aromatic heterocycles. The summed E-state index contributed by atoms with van der Waals surface area (Å²) in [6, 6.07) is 17.7. The third-order valence-corrected chi connectivity index (χ3v) is 2.04. The van der Waals surface area contributed by atoms with Crippen LogP contribution >= 0.6 is 0 Å². The Hall–Kier alpha value is -2.49. The molecule has 1 N–H and O–H groups in total. The highest BCUT2D eigenvalue weighted by Crippen LogP contribution is 2.11. The summed E-state index contributed by atoms with van der Waals surface area (Å²) in [6.45, 7) is 0. The molecule has 0 saturated heterocycles. The molecule has 0 unspecified atom stereocenters. The summed E-state index contributed by atoms with van der Waals surface area (Å²) in [7, 11) is 0. The van der Waals surface area contributed by atoms with Crippen molar-refractivity contribution in [1.82, 2.24) is 0 Å². The zero-order valence-electron chi connectivity index (χ0n) is 9.08. The first-order valence-electron chi connectivity index (χ1n) is 5.17. The van der Waals surface area contributed by atoms with E-state index in [4.69, 9.17) is 0 Å². The fraction of sp³-hybridized carbons (Fsp3) is 0. The maximum Gasteiger partial charge on any atom is 0.364 e. The van der Waals surface area contributed by atoms with Gasteiger partial charge in [0.15, 0.2) is 0 Å². The van der Waals surface area contributed by atoms with Gasteiger partial charge in [-0.3, -0.25) is 0 Å². The largest absolute Gasteiger partial charge is 0.364 e. The Labute approximate surface area is 99.0 Å². The van der Waals surface area contributed by atoms with Gasteiger partial charge in [-0.15, -0.1) is 5.11 Å². The monoisotopic (exact) mass is 225 g/mol. The molecule has 0 saturated carbocycles. The number of nitrogens with one attached hydrogen (secondary N) is 1. The summed E-state index contributed by atoms with van der Waals surface area (Å²) in [4.78, 5) is 11.4. The summed E-state index contributed by atoms with van der Waals surface area (Å²) >= 11 is 0. The number of nitrogens with zero attached hydrogens (tertiary/aromatic N) is 2. The van der Waals surface area contributed by atoms with Crippen molar-refractivity contribution in [2.75, 3.05) is 5.32 Å². The quantitative estimate of drug-likeness (QED) is 0.771. The lowest BCUT2D eigenvalue weighted by molar-refractivity contribution is 0.258. The van der Waals surface area contributed by atoms with Crippen LogP contribution in [0.15, 0.2) is 70.9 Å². The predicted molar refractivity (Wildman–Crippen MR) is 66.4 cm³/mol. The molecule has 0 atom stereocenters. The summed E-state index contributed by atoms with van der Waals surface area (Å²) in [5.41, 5.74) is 1.35. The van der Waals surface area contributed by atoms with E-state index in [0.717, 1.165) is 0 Å². The Morgan fingerprint density at radius 1 is 0.882 bits per heavy atom. The number of azo groups is 1. The van der Waals surface area contributed by atoms with Crippen LogP contribution < -0.4 is 5.32 Å². The van der Waals surface area contributed by atoms with E-state index in [1.54, 1.807) is 24.3 Å². The molecule has 0 heterocycles. The molecule has 84 valence electrons. The van der Waals surface area contributed by atoms with Gasteiger partial charge in [-0.25, -0.2) is 4.79 Å². The molecule has 0 spiro atoms. The fourth-order valence-corrected chi connectivity index (χ4v) is 1.27. The number of carbonyl (C=O) groups is 1. The number of anilines is 1. The average molecular weight is 225 g/mol. The lowest BCUT2D eigenvalue weighted by atomic mass is 10.3. The van der Waals surface area contributed by atoms with Crippen LogP contribution in [0.1, 0.15) is 0 Å². The van der Waals surface area contributed by atoms with Crippen LogP contribution in [0.25, 0.3) is 0 Å². The maximum atomic E-state index is 11.4. The Morgan fingerprint density at radius 2 is 1.47 bits per heavy atom. The SMILES string of the molecule is O=C(N=Nc1ccccc1)Nc1ccccc1. The number of hydrogen-bond acceptors (Lipinski definition) is 2. The van der Waals surface area contributed by atoms with Crippen LogP contribution in [0.2, 0.25) is 0 Å². The maximum absolute atomic E-state index is 11.4. The number of carbonyl (C=O) groups excluding carboxylic acids is 1. The van der Waals surface area contributed by atoms with E-state index in [2.05, 4.69) is 15.5 Å². The molecule has 2 amide bonds. The zero-order chi connectivity index (χ0) is 11.9. The molecule has 4 heteroatoms. The van der Waals surface area contributed by atoms with Crippen LogP contribution in [0.3, 0.4) is 0 Å². The minimum Gasteiger partial charge on any atom is -0.305 e. The van der Waals surface area contributed by atoms with Crippen LogP contribution in [-0.4, -0.2) is 6.03 Å². The van der Waals surface area contributed by atoms with Crippen molar-refractivity contribution in [3.63, 3.8) is 0 Å². The smallest absolute Gasteiger partial charge is 0.305 e. The third-order valence-electron chi connectivity index (χ3n) is 2.04. The van der Waals surface area contributed by atoms with Crippen LogP contribution in [-0.2, 0) is 0 Å². The normalized spacial score (nSPS) is 10.4. The van der Waals surface area contributed by atoms with Crippen molar-refractivity contribution in [2.45, 2.75) is 0 Å². The predicted octanol–water partition coefficient (Wildman–Crippen LogP) is 4.00. The highest BCUT2D eigenvalue weighted by Gasteiger charge is 1.98. The van der Waals surface area contributed by atoms with Crippen LogP contribution in [0, 0.1) is 0 Å². The molecular formula is C13H11N3O. The second-order valence-electron chi connectivity index (χ2n) is 3.33. The number of benzene rings is 2. The topological polar surface area (TPSA) is 53.8 Å². The molecule has 0 aliphatic heterocycles. The van der Waals surface area contributed by atoms with Crippen molar-refractivity contribution >= 4 is 17.4 Å².